The first-order valence-electron chi connectivity index (χ1n) is 8.46. The summed E-state index contributed by atoms with van der Waals surface area (Å²) in [6.07, 6.45) is 2.23. The first kappa shape index (κ1) is 21.9. The fourth-order valence-electron chi connectivity index (χ4n) is 2.75. The standard InChI is InChI=1S/C19H24N2O5S2/c1-13-17(7-6-8-18(13)21(3)28(5,25)26)19(22)20-14(2)15-9-11-16(12-10-15)27(4,23)24/h6-12,14H,1-5H3,(H,20,22)/t14-/m0/s1. The minimum Gasteiger partial charge on any atom is -0.346 e. The Morgan fingerprint density at radius 3 is 2.07 bits per heavy atom. The summed E-state index contributed by atoms with van der Waals surface area (Å²) in [5.74, 6) is -0.346. The van der Waals surface area contributed by atoms with Crippen molar-refractivity contribution >= 4 is 31.5 Å². The van der Waals surface area contributed by atoms with E-state index in [1.54, 1.807) is 44.2 Å². The number of amides is 1. The lowest BCUT2D eigenvalue weighted by Gasteiger charge is -2.21. The molecule has 152 valence electrons. The van der Waals surface area contributed by atoms with Gasteiger partial charge in [0.1, 0.15) is 0 Å². The Hall–Kier alpha value is -2.39. The number of hydrogen-bond donors (Lipinski definition) is 1. The van der Waals surface area contributed by atoms with Crippen LogP contribution in [0.5, 0.6) is 0 Å². The zero-order valence-corrected chi connectivity index (χ0v) is 18.1. The minimum absolute atomic E-state index is 0.210. The largest absolute Gasteiger partial charge is 0.346 e. The Labute approximate surface area is 166 Å². The second-order valence-electron chi connectivity index (χ2n) is 6.72. The van der Waals surface area contributed by atoms with E-state index in [0.717, 1.165) is 22.4 Å². The van der Waals surface area contributed by atoms with Gasteiger partial charge in [-0.3, -0.25) is 9.10 Å². The monoisotopic (exact) mass is 424 g/mol. The molecule has 1 N–H and O–H groups in total. The molecule has 0 unspecified atom stereocenters. The predicted molar refractivity (Wildman–Crippen MR) is 110 cm³/mol. The van der Waals surface area contributed by atoms with Crippen molar-refractivity contribution in [1.82, 2.24) is 5.32 Å². The van der Waals surface area contributed by atoms with E-state index in [-0.39, 0.29) is 16.8 Å². The van der Waals surface area contributed by atoms with Crippen LogP contribution in [0.1, 0.15) is 34.5 Å². The molecule has 2 rings (SSSR count). The lowest BCUT2D eigenvalue weighted by Crippen LogP contribution is -2.29. The maximum Gasteiger partial charge on any atom is 0.252 e. The topological polar surface area (TPSA) is 101 Å². The Morgan fingerprint density at radius 2 is 1.57 bits per heavy atom. The van der Waals surface area contributed by atoms with Crippen LogP contribution in [-0.4, -0.2) is 42.3 Å². The molecule has 0 aliphatic rings. The highest BCUT2D eigenvalue weighted by Crippen LogP contribution is 2.25. The quantitative estimate of drug-likeness (QED) is 0.767. The number of sulfonamides is 1. The molecule has 0 aliphatic heterocycles. The second kappa shape index (κ2) is 7.92. The molecule has 9 heteroatoms. The molecule has 0 spiro atoms. The molecule has 7 nitrogen and oxygen atoms in total. The molecular formula is C19H24N2O5S2. The van der Waals surface area contributed by atoms with Crippen molar-refractivity contribution in [3.8, 4) is 0 Å². The first-order chi connectivity index (χ1) is 12.8. The van der Waals surface area contributed by atoms with Crippen LogP contribution >= 0.6 is 0 Å². The van der Waals surface area contributed by atoms with Gasteiger partial charge < -0.3 is 5.32 Å². The summed E-state index contributed by atoms with van der Waals surface area (Å²) in [4.78, 5) is 12.9. The van der Waals surface area contributed by atoms with Gasteiger partial charge >= 0.3 is 0 Å². The molecule has 1 atom stereocenters. The summed E-state index contributed by atoms with van der Waals surface area (Å²) < 4.78 is 47.9. The van der Waals surface area contributed by atoms with E-state index in [9.17, 15) is 21.6 Å². The van der Waals surface area contributed by atoms with Gasteiger partial charge in [0.25, 0.3) is 5.91 Å². The van der Waals surface area contributed by atoms with Crippen LogP contribution in [0.2, 0.25) is 0 Å². The summed E-state index contributed by atoms with van der Waals surface area (Å²) in [6, 6.07) is 10.8. The zero-order chi connectivity index (χ0) is 21.3. The highest BCUT2D eigenvalue weighted by Gasteiger charge is 2.20. The molecule has 2 aromatic carbocycles. The maximum atomic E-state index is 12.7. The molecule has 0 bridgehead atoms. The van der Waals surface area contributed by atoms with Gasteiger partial charge in [-0.15, -0.1) is 0 Å². The highest BCUT2D eigenvalue weighted by atomic mass is 32.2. The lowest BCUT2D eigenvalue weighted by molar-refractivity contribution is 0.0939. The van der Waals surface area contributed by atoms with Crippen molar-refractivity contribution in [2.24, 2.45) is 0 Å². The van der Waals surface area contributed by atoms with Gasteiger partial charge in [0.2, 0.25) is 10.0 Å². The third-order valence-electron chi connectivity index (χ3n) is 4.54. The van der Waals surface area contributed by atoms with E-state index in [2.05, 4.69) is 5.32 Å². The Bertz CT molecular complexity index is 1090. The van der Waals surface area contributed by atoms with Crippen molar-refractivity contribution in [2.75, 3.05) is 23.9 Å². The summed E-state index contributed by atoms with van der Waals surface area (Å²) in [6.45, 7) is 3.48. The van der Waals surface area contributed by atoms with Gasteiger partial charge in [0, 0.05) is 18.9 Å². The van der Waals surface area contributed by atoms with Crippen LogP contribution < -0.4 is 9.62 Å². The van der Waals surface area contributed by atoms with E-state index < -0.39 is 19.9 Å². The van der Waals surface area contributed by atoms with Crippen LogP contribution in [0, 0.1) is 6.92 Å². The summed E-state index contributed by atoms with van der Waals surface area (Å²) in [5.41, 5.74) is 2.10. The maximum absolute atomic E-state index is 12.7. The Balaban J connectivity index is 2.25. The molecular weight excluding hydrogens is 400 g/mol. The van der Waals surface area contributed by atoms with Crippen molar-refractivity contribution < 1.29 is 21.6 Å². The van der Waals surface area contributed by atoms with E-state index in [1.165, 1.54) is 19.2 Å². The van der Waals surface area contributed by atoms with E-state index in [0.29, 0.717) is 16.8 Å². The van der Waals surface area contributed by atoms with Crippen LogP contribution in [0.15, 0.2) is 47.4 Å². The van der Waals surface area contributed by atoms with Gasteiger partial charge in [0.05, 0.1) is 22.9 Å². The summed E-state index contributed by atoms with van der Waals surface area (Å²) in [5, 5.41) is 2.86. The molecule has 0 radical (unpaired) electrons. The average molecular weight is 425 g/mol. The predicted octanol–water partition coefficient (Wildman–Crippen LogP) is 2.29. The number of anilines is 1. The van der Waals surface area contributed by atoms with Crippen molar-refractivity contribution in [3.05, 3.63) is 59.2 Å². The SMILES string of the molecule is Cc1c(C(=O)N[C@@H](C)c2ccc(S(C)(=O)=O)cc2)cccc1N(C)S(C)(=O)=O. The van der Waals surface area contributed by atoms with Gasteiger partial charge in [-0.25, -0.2) is 16.8 Å². The average Bonchev–Trinajstić information content (AvgIpc) is 2.59. The first-order valence-corrected chi connectivity index (χ1v) is 12.2. The molecule has 0 saturated heterocycles. The molecule has 28 heavy (non-hydrogen) atoms. The van der Waals surface area contributed by atoms with E-state index >= 15 is 0 Å². The second-order valence-corrected chi connectivity index (χ2v) is 10.7. The number of benzene rings is 2. The van der Waals surface area contributed by atoms with Crippen LogP contribution in [0.3, 0.4) is 0 Å². The fraction of sp³-hybridized carbons (Fsp3) is 0.316. The van der Waals surface area contributed by atoms with Crippen LogP contribution in [0.4, 0.5) is 5.69 Å². The number of sulfone groups is 1. The van der Waals surface area contributed by atoms with Crippen molar-refractivity contribution in [1.29, 1.82) is 0 Å². The smallest absolute Gasteiger partial charge is 0.252 e. The minimum atomic E-state index is -3.45. The molecule has 2 aromatic rings. The normalized spacial score (nSPS) is 13.0. The van der Waals surface area contributed by atoms with Gasteiger partial charge in [-0.05, 0) is 49.2 Å². The number of nitrogens with zero attached hydrogens (tertiary/aromatic N) is 1. The number of hydrogen-bond acceptors (Lipinski definition) is 5. The third-order valence-corrected chi connectivity index (χ3v) is 6.86. The van der Waals surface area contributed by atoms with Gasteiger partial charge in [0.15, 0.2) is 9.84 Å². The zero-order valence-electron chi connectivity index (χ0n) is 16.4. The van der Waals surface area contributed by atoms with Gasteiger partial charge in [-0.2, -0.15) is 0 Å². The molecule has 0 aliphatic carbocycles. The number of rotatable bonds is 6. The highest BCUT2D eigenvalue weighted by molar-refractivity contribution is 7.92. The Kier molecular flexibility index (Phi) is 6.20. The number of carbonyl (C=O) groups excluding carboxylic acids is 1. The molecule has 0 fully saturated rings. The summed E-state index contributed by atoms with van der Waals surface area (Å²) in [7, 11) is -5.30. The third kappa shape index (κ3) is 4.90. The molecule has 1 amide bonds. The molecule has 0 saturated carbocycles. The summed E-state index contributed by atoms with van der Waals surface area (Å²) >= 11 is 0. The lowest BCUT2D eigenvalue weighted by atomic mass is 10.0. The van der Waals surface area contributed by atoms with Gasteiger partial charge in [-0.1, -0.05) is 18.2 Å². The fourth-order valence-corrected chi connectivity index (χ4v) is 3.94. The Morgan fingerprint density at radius 1 is 1.00 bits per heavy atom. The van der Waals surface area contributed by atoms with Crippen LogP contribution in [-0.2, 0) is 19.9 Å². The molecule has 0 aromatic heterocycles. The van der Waals surface area contributed by atoms with Crippen molar-refractivity contribution in [3.63, 3.8) is 0 Å². The number of nitrogens with one attached hydrogen (secondary N) is 1. The van der Waals surface area contributed by atoms with Crippen LogP contribution in [0.25, 0.3) is 0 Å². The molecule has 0 heterocycles. The van der Waals surface area contributed by atoms with E-state index in [1.807, 2.05) is 0 Å². The van der Waals surface area contributed by atoms with E-state index in [4.69, 9.17) is 0 Å². The number of carbonyl (C=O) groups is 1. The van der Waals surface area contributed by atoms with Crippen molar-refractivity contribution in [2.45, 2.75) is 24.8 Å².